The Morgan fingerprint density at radius 3 is 2.57 bits per heavy atom. The number of morpholine rings is 1. The molecule has 1 aromatic rings. The number of hydrogen-bond donors (Lipinski definition) is 0. The minimum atomic E-state index is -0.510. The molecule has 1 fully saturated rings. The van der Waals surface area contributed by atoms with E-state index < -0.39 is 5.54 Å². The van der Waals surface area contributed by atoms with Crippen LogP contribution in [-0.4, -0.2) is 52.3 Å². The van der Waals surface area contributed by atoms with E-state index in [9.17, 15) is 4.79 Å². The lowest BCUT2D eigenvalue weighted by Gasteiger charge is -2.39. The van der Waals surface area contributed by atoms with Gasteiger partial charge in [-0.3, -0.25) is 14.4 Å². The molecule has 21 heavy (non-hydrogen) atoms. The Hall–Kier alpha value is -0.910. The third-order valence-corrected chi connectivity index (χ3v) is 4.76. The highest BCUT2D eigenvalue weighted by Crippen LogP contribution is 2.25. The van der Waals surface area contributed by atoms with E-state index in [0.717, 1.165) is 24.5 Å². The molecular weight excluding hydrogens is 290 g/mol. The molecule has 0 atom stereocenters. The van der Waals surface area contributed by atoms with E-state index in [4.69, 9.17) is 16.3 Å². The zero-order valence-corrected chi connectivity index (χ0v) is 14.0. The van der Waals surface area contributed by atoms with Crippen LogP contribution in [0.3, 0.4) is 0 Å². The molecule has 0 radical (unpaired) electrons. The molecule has 0 amide bonds. The van der Waals surface area contributed by atoms with Crippen molar-refractivity contribution in [3.8, 4) is 0 Å². The number of hydrogen-bond acceptors (Lipinski definition) is 4. The molecule has 6 heteroatoms. The van der Waals surface area contributed by atoms with Crippen LogP contribution in [-0.2, 0) is 22.5 Å². The van der Waals surface area contributed by atoms with Gasteiger partial charge < -0.3 is 4.74 Å². The number of carbonyl (C=O) groups is 1. The van der Waals surface area contributed by atoms with E-state index in [1.54, 1.807) is 0 Å². The van der Waals surface area contributed by atoms with E-state index in [0.29, 0.717) is 31.2 Å². The van der Waals surface area contributed by atoms with Crippen molar-refractivity contribution >= 4 is 17.4 Å². The summed E-state index contributed by atoms with van der Waals surface area (Å²) < 4.78 is 7.19. The molecule has 0 N–H and O–H groups in total. The average molecular weight is 314 g/mol. The third kappa shape index (κ3) is 3.30. The number of Topliss-reactive ketones (excluding diaryl/α,β-unsaturated/α-hetero) is 1. The van der Waals surface area contributed by atoms with Crippen LogP contribution < -0.4 is 0 Å². The van der Waals surface area contributed by atoms with E-state index in [1.807, 2.05) is 32.4 Å². The molecule has 1 aliphatic rings. The lowest BCUT2D eigenvalue weighted by atomic mass is 9.92. The van der Waals surface area contributed by atoms with Crippen LogP contribution in [0.4, 0.5) is 0 Å². The van der Waals surface area contributed by atoms with Gasteiger partial charge in [-0.2, -0.15) is 5.10 Å². The Labute approximate surface area is 131 Å². The van der Waals surface area contributed by atoms with Crippen molar-refractivity contribution in [2.45, 2.75) is 46.2 Å². The van der Waals surface area contributed by atoms with Crippen LogP contribution in [0.1, 0.15) is 32.2 Å². The smallest absolute Gasteiger partial charge is 0.158 e. The highest BCUT2D eigenvalue weighted by atomic mass is 35.5. The molecule has 1 aromatic heterocycles. The minimum absolute atomic E-state index is 0.168. The van der Waals surface area contributed by atoms with E-state index >= 15 is 0 Å². The first kappa shape index (κ1) is 16.5. The number of carbonyl (C=O) groups excluding carboxylic acids is 1. The first-order chi connectivity index (χ1) is 9.87. The number of aryl methyl sites for hydroxylation is 2. The predicted molar refractivity (Wildman–Crippen MR) is 82.8 cm³/mol. The van der Waals surface area contributed by atoms with Crippen LogP contribution in [0.25, 0.3) is 0 Å². The summed E-state index contributed by atoms with van der Waals surface area (Å²) in [7, 11) is 0. The molecule has 0 unspecified atom stereocenters. The maximum atomic E-state index is 12.8. The van der Waals surface area contributed by atoms with E-state index in [1.165, 1.54) is 0 Å². The van der Waals surface area contributed by atoms with Crippen molar-refractivity contribution < 1.29 is 9.53 Å². The lowest BCUT2D eigenvalue weighted by molar-refractivity contribution is -0.131. The SMILES string of the molecule is CCn1nc(C)c(Cl)c1CC(=O)C(C)(C)N1CCOCC1. The zero-order chi connectivity index (χ0) is 15.6. The summed E-state index contributed by atoms with van der Waals surface area (Å²) >= 11 is 6.30. The lowest BCUT2D eigenvalue weighted by Crippen LogP contribution is -2.55. The topological polar surface area (TPSA) is 47.4 Å². The summed E-state index contributed by atoms with van der Waals surface area (Å²) in [5.41, 5.74) is 1.10. The fourth-order valence-electron chi connectivity index (χ4n) is 2.70. The monoisotopic (exact) mass is 313 g/mol. The second-order valence-electron chi connectivity index (χ2n) is 5.92. The molecule has 0 aromatic carbocycles. The summed E-state index contributed by atoms with van der Waals surface area (Å²) in [6.45, 7) is 11.5. The highest BCUT2D eigenvalue weighted by Gasteiger charge is 2.36. The van der Waals surface area contributed by atoms with Gasteiger partial charge in [0.15, 0.2) is 5.78 Å². The molecule has 0 saturated carbocycles. The van der Waals surface area contributed by atoms with Gasteiger partial charge in [-0.1, -0.05) is 11.6 Å². The summed E-state index contributed by atoms with van der Waals surface area (Å²) in [6.07, 6.45) is 0.317. The normalized spacial score (nSPS) is 17.2. The van der Waals surface area contributed by atoms with Crippen molar-refractivity contribution in [3.63, 3.8) is 0 Å². The Bertz CT molecular complexity index is 519. The van der Waals surface area contributed by atoms with Gasteiger partial charge in [0.25, 0.3) is 0 Å². The fourth-order valence-corrected chi connectivity index (χ4v) is 2.91. The third-order valence-electron chi connectivity index (χ3n) is 4.26. The van der Waals surface area contributed by atoms with Gasteiger partial charge in [0.1, 0.15) is 0 Å². The molecular formula is C15H24ClN3O2. The predicted octanol–water partition coefficient (Wildman–Crippen LogP) is 2.09. The van der Waals surface area contributed by atoms with Crippen LogP contribution in [0, 0.1) is 6.92 Å². The van der Waals surface area contributed by atoms with Crippen molar-refractivity contribution in [1.29, 1.82) is 0 Å². The molecule has 1 saturated heterocycles. The van der Waals surface area contributed by atoms with Crippen molar-refractivity contribution in [3.05, 3.63) is 16.4 Å². The zero-order valence-electron chi connectivity index (χ0n) is 13.3. The molecule has 0 bridgehead atoms. The van der Waals surface area contributed by atoms with Crippen LogP contribution >= 0.6 is 11.6 Å². The van der Waals surface area contributed by atoms with Gasteiger partial charge in [-0.15, -0.1) is 0 Å². The van der Waals surface area contributed by atoms with Gasteiger partial charge in [0.2, 0.25) is 0 Å². The molecule has 1 aliphatic heterocycles. The Morgan fingerprint density at radius 2 is 2.00 bits per heavy atom. The number of aromatic nitrogens is 2. The van der Waals surface area contributed by atoms with Crippen molar-refractivity contribution in [2.24, 2.45) is 0 Å². The standard InChI is InChI=1S/C15H24ClN3O2/c1-5-19-12(14(16)11(2)17-19)10-13(20)15(3,4)18-6-8-21-9-7-18/h5-10H2,1-4H3. The largest absolute Gasteiger partial charge is 0.379 e. The fraction of sp³-hybridized carbons (Fsp3) is 0.733. The number of ether oxygens (including phenoxy) is 1. The van der Waals surface area contributed by atoms with Gasteiger partial charge in [0.05, 0.1) is 41.6 Å². The van der Waals surface area contributed by atoms with Crippen LogP contribution in [0.2, 0.25) is 5.02 Å². The summed E-state index contributed by atoms with van der Waals surface area (Å²) in [5.74, 6) is 0.168. The number of nitrogens with zero attached hydrogens (tertiary/aromatic N) is 3. The maximum Gasteiger partial charge on any atom is 0.158 e. The van der Waals surface area contributed by atoms with Crippen LogP contribution in [0.15, 0.2) is 0 Å². The second kappa shape index (κ2) is 6.46. The number of rotatable bonds is 5. The Kier molecular flexibility index (Phi) is 5.07. The van der Waals surface area contributed by atoms with Gasteiger partial charge in [-0.25, -0.2) is 0 Å². The Balaban J connectivity index is 2.17. The number of ketones is 1. The second-order valence-corrected chi connectivity index (χ2v) is 6.30. The average Bonchev–Trinajstić information content (AvgIpc) is 2.75. The van der Waals surface area contributed by atoms with Crippen molar-refractivity contribution in [2.75, 3.05) is 26.3 Å². The van der Waals surface area contributed by atoms with Gasteiger partial charge in [0, 0.05) is 19.6 Å². The number of halogens is 1. The van der Waals surface area contributed by atoms with E-state index in [2.05, 4.69) is 10.00 Å². The molecule has 0 spiro atoms. The molecule has 0 aliphatic carbocycles. The first-order valence-electron chi connectivity index (χ1n) is 7.45. The molecule has 2 heterocycles. The highest BCUT2D eigenvalue weighted by molar-refractivity contribution is 6.32. The quantitative estimate of drug-likeness (QED) is 0.835. The molecule has 2 rings (SSSR count). The first-order valence-corrected chi connectivity index (χ1v) is 7.83. The Morgan fingerprint density at radius 1 is 1.38 bits per heavy atom. The van der Waals surface area contributed by atoms with E-state index in [-0.39, 0.29) is 5.78 Å². The molecule has 5 nitrogen and oxygen atoms in total. The minimum Gasteiger partial charge on any atom is -0.379 e. The van der Waals surface area contributed by atoms with Crippen molar-refractivity contribution in [1.82, 2.24) is 14.7 Å². The summed E-state index contributed by atoms with van der Waals surface area (Å²) in [4.78, 5) is 15.0. The summed E-state index contributed by atoms with van der Waals surface area (Å²) in [6, 6.07) is 0. The molecule has 118 valence electrons. The maximum absolute atomic E-state index is 12.8. The van der Waals surface area contributed by atoms with Gasteiger partial charge in [-0.05, 0) is 27.7 Å². The van der Waals surface area contributed by atoms with Gasteiger partial charge >= 0.3 is 0 Å². The van der Waals surface area contributed by atoms with Crippen LogP contribution in [0.5, 0.6) is 0 Å². The summed E-state index contributed by atoms with van der Waals surface area (Å²) in [5, 5.41) is 4.99.